The van der Waals surface area contributed by atoms with E-state index >= 15 is 0 Å². The van der Waals surface area contributed by atoms with E-state index in [1.54, 1.807) is 6.07 Å². The number of nitrogens with one attached hydrogen (secondary N) is 2. The molecule has 100 valence electrons. The molecule has 1 unspecified atom stereocenters. The first-order valence-corrected chi connectivity index (χ1v) is 7.21. The maximum absolute atomic E-state index is 11.8. The molecule has 6 nitrogen and oxygen atoms in total. The van der Waals surface area contributed by atoms with Crippen LogP contribution in [0.15, 0.2) is 12.1 Å². The van der Waals surface area contributed by atoms with Gasteiger partial charge in [0.2, 0.25) is 0 Å². The topological polar surface area (TPSA) is 97.1 Å². The highest BCUT2D eigenvalue weighted by Gasteiger charge is 2.12. The Kier molecular flexibility index (Phi) is 6.03. The number of halogens is 1. The minimum absolute atomic E-state index is 0.0920. The average molecular weight is 291 g/mol. The number of rotatable bonds is 6. The fraction of sp³-hybridized carbons (Fsp3) is 0.400. The third kappa shape index (κ3) is 4.25. The summed E-state index contributed by atoms with van der Waals surface area (Å²) in [6, 6.07) is 3.09. The fourth-order valence-electron chi connectivity index (χ4n) is 1.19. The Morgan fingerprint density at radius 2 is 2.28 bits per heavy atom. The molecule has 0 fully saturated rings. The predicted molar refractivity (Wildman–Crippen MR) is 72.9 cm³/mol. The van der Waals surface area contributed by atoms with Gasteiger partial charge in [-0.1, -0.05) is 18.5 Å². The number of aromatic nitrogens is 1. The Balaban J connectivity index is 2.63. The predicted octanol–water partition coefficient (Wildman–Crippen LogP) is 0.519. The van der Waals surface area contributed by atoms with E-state index in [0.717, 1.165) is 0 Å². The van der Waals surface area contributed by atoms with Crippen LogP contribution < -0.4 is 16.6 Å². The average Bonchev–Trinajstić information content (AvgIpc) is 2.38. The molecule has 0 bridgehead atoms. The lowest BCUT2D eigenvalue weighted by Gasteiger charge is -2.07. The minimum atomic E-state index is -0.912. The monoisotopic (exact) mass is 290 g/mol. The Morgan fingerprint density at radius 3 is 2.89 bits per heavy atom. The van der Waals surface area contributed by atoms with Crippen molar-refractivity contribution < 1.29 is 9.00 Å². The van der Waals surface area contributed by atoms with Crippen LogP contribution in [0.5, 0.6) is 0 Å². The molecule has 1 heterocycles. The van der Waals surface area contributed by atoms with Gasteiger partial charge in [0.25, 0.3) is 5.91 Å². The van der Waals surface area contributed by atoms with Crippen molar-refractivity contribution >= 4 is 34.1 Å². The summed E-state index contributed by atoms with van der Waals surface area (Å²) in [6.07, 6.45) is 0. The highest BCUT2D eigenvalue weighted by Crippen LogP contribution is 2.15. The maximum atomic E-state index is 11.8. The summed E-state index contributed by atoms with van der Waals surface area (Å²) in [5, 5.41) is 2.85. The van der Waals surface area contributed by atoms with Gasteiger partial charge in [0.1, 0.15) is 11.5 Å². The molecule has 1 rings (SSSR count). The summed E-state index contributed by atoms with van der Waals surface area (Å²) in [7, 11) is -0.912. The second-order valence-electron chi connectivity index (χ2n) is 3.36. The molecule has 8 heteroatoms. The van der Waals surface area contributed by atoms with Gasteiger partial charge in [0, 0.05) is 28.9 Å². The molecule has 1 aromatic heterocycles. The summed E-state index contributed by atoms with van der Waals surface area (Å²) < 4.78 is 11.2. The second kappa shape index (κ2) is 7.30. The summed E-state index contributed by atoms with van der Waals surface area (Å²) in [5.74, 6) is 6.12. The van der Waals surface area contributed by atoms with Gasteiger partial charge in [-0.05, 0) is 12.1 Å². The molecule has 0 aromatic carbocycles. The molecular weight excluding hydrogens is 276 g/mol. The Bertz CT molecular complexity index is 456. The Hall–Kier alpha value is -1.18. The molecule has 0 aliphatic rings. The van der Waals surface area contributed by atoms with Crippen molar-refractivity contribution in [1.29, 1.82) is 0 Å². The first-order valence-electron chi connectivity index (χ1n) is 5.34. The van der Waals surface area contributed by atoms with Gasteiger partial charge in [-0.15, -0.1) is 0 Å². The molecule has 0 saturated carbocycles. The van der Waals surface area contributed by atoms with Crippen LogP contribution in [0.2, 0.25) is 5.02 Å². The van der Waals surface area contributed by atoms with E-state index in [4.69, 9.17) is 17.4 Å². The van der Waals surface area contributed by atoms with Crippen LogP contribution in [-0.4, -0.2) is 33.2 Å². The molecule has 0 saturated heterocycles. The lowest BCUT2D eigenvalue weighted by atomic mass is 10.3. The highest BCUT2D eigenvalue weighted by atomic mass is 35.5. The molecule has 0 radical (unpaired) electrons. The molecule has 1 aromatic rings. The van der Waals surface area contributed by atoms with Crippen LogP contribution in [0, 0.1) is 0 Å². The summed E-state index contributed by atoms with van der Waals surface area (Å²) in [5.41, 5.74) is 2.43. The number of amides is 1. The number of hydrogen-bond donors (Lipinski definition) is 3. The number of nitrogen functional groups attached to an aromatic ring is 1. The number of anilines is 1. The normalized spacial score (nSPS) is 11.9. The zero-order chi connectivity index (χ0) is 13.5. The van der Waals surface area contributed by atoms with Crippen molar-refractivity contribution in [2.45, 2.75) is 6.92 Å². The number of pyridine rings is 1. The minimum Gasteiger partial charge on any atom is -0.350 e. The third-order valence-electron chi connectivity index (χ3n) is 2.15. The highest BCUT2D eigenvalue weighted by molar-refractivity contribution is 7.84. The van der Waals surface area contributed by atoms with Crippen molar-refractivity contribution in [3.8, 4) is 0 Å². The van der Waals surface area contributed by atoms with Gasteiger partial charge in [-0.2, -0.15) is 0 Å². The molecule has 0 spiro atoms. The van der Waals surface area contributed by atoms with Gasteiger partial charge in [0.15, 0.2) is 0 Å². The zero-order valence-electron chi connectivity index (χ0n) is 9.90. The van der Waals surface area contributed by atoms with E-state index in [1.165, 1.54) is 6.07 Å². The van der Waals surface area contributed by atoms with Crippen LogP contribution >= 0.6 is 11.6 Å². The van der Waals surface area contributed by atoms with Crippen LogP contribution in [0.4, 0.5) is 5.82 Å². The molecule has 18 heavy (non-hydrogen) atoms. The van der Waals surface area contributed by atoms with Crippen LogP contribution in [0.3, 0.4) is 0 Å². The van der Waals surface area contributed by atoms with E-state index in [9.17, 15) is 9.00 Å². The van der Waals surface area contributed by atoms with Gasteiger partial charge < -0.3 is 10.7 Å². The number of carbonyl (C=O) groups is 1. The fourth-order valence-corrected chi connectivity index (χ4v) is 2.00. The maximum Gasteiger partial charge on any atom is 0.271 e. The molecular formula is C10H15ClN4O2S. The number of hydrazine groups is 1. The smallest absolute Gasteiger partial charge is 0.271 e. The van der Waals surface area contributed by atoms with Gasteiger partial charge in [-0.25, -0.2) is 10.8 Å². The van der Waals surface area contributed by atoms with Crippen molar-refractivity contribution in [3.63, 3.8) is 0 Å². The van der Waals surface area contributed by atoms with Gasteiger partial charge in [-0.3, -0.25) is 9.00 Å². The van der Waals surface area contributed by atoms with Gasteiger partial charge in [0.05, 0.1) is 5.02 Å². The summed E-state index contributed by atoms with van der Waals surface area (Å²) >= 11 is 5.86. The van der Waals surface area contributed by atoms with E-state index in [-0.39, 0.29) is 10.7 Å². The largest absolute Gasteiger partial charge is 0.350 e. The summed E-state index contributed by atoms with van der Waals surface area (Å²) in [6.45, 7) is 2.14. The standard InChI is InChI=1S/C10H15ClN4O2S/c1-2-18(17)6-5-13-10(16)9-7(11)3-4-8(14-9)15-12/h3-4H,2,5-6,12H2,1H3,(H,13,16)(H,14,15). The SMILES string of the molecule is CCS(=O)CCNC(=O)c1nc(NN)ccc1Cl. The molecule has 1 amide bonds. The molecule has 4 N–H and O–H groups in total. The van der Waals surface area contributed by atoms with Crippen LogP contribution in [0.1, 0.15) is 17.4 Å². The first-order chi connectivity index (χ1) is 8.58. The summed E-state index contributed by atoms with van der Waals surface area (Å²) in [4.78, 5) is 15.7. The number of nitrogens with zero attached hydrogens (tertiary/aromatic N) is 1. The molecule has 0 aliphatic carbocycles. The van der Waals surface area contributed by atoms with Crippen molar-refractivity contribution in [1.82, 2.24) is 10.3 Å². The van der Waals surface area contributed by atoms with Gasteiger partial charge >= 0.3 is 0 Å². The van der Waals surface area contributed by atoms with E-state index < -0.39 is 16.7 Å². The molecule has 0 aliphatic heterocycles. The number of nitrogens with two attached hydrogens (primary N) is 1. The van der Waals surface area contributed by atoms with Crippen molar-refractivity contribution in [2.24, 2.45) is 5.84 Å². The quantitative estimate of drug-likeness (QED) is 0.524. The Morgan fingerprint density at radius 1 is 1.56 bits per heavy atom. The third-order valence-corrected chi connectivity index (χ3v) is 3.75. The van der Waals surface area contributed by atoms with Crippen LogP contribution in [0.25, 0.3) is 0 Å². The first kappa shape index (κ1) is 14.9. The zero-order valence-corrected chi connectivity index (χ0v) is 11.5. The van der Waals surface area contributed by atoms with E-state index in [2.05, 4.69) is 15.7 Å². The lowest BCUT2D eigenvalue weighted by molar-refractivity contribution is 0.0951. The number of hydrogen-bond acceptors (Lipinski definition) is 5. The lowest BCUT2D eigenvalue weighted by Crippen LogP contribution is -2.29. The van der Waals surface area contributed by atoms with E-state index in [0.29, 0.717) is 23.9 Å². The number of carbonyl (C=O) groups excluding carboxylic acids is 1. The van der Waals surface area contributed by atoms with E-state index in [1.807, 2.05) is 6.92 Å². The molecule has 1 atom stereocenters. The Labute approximate surface area is 113 Å². The van der Waals surface area contributed by atoms with Crippen molar-refractivity contribution in [3.05, 3.63) is 22.8 Å². The van der Waals surface area contributed by atoms with Crippen molar-refractivity contribution in [2.75, 3.05) is 23.5 Å². The van der Waals surface area contributed by atoms with Crippen LogP contribution in [-0.2, 0) is 10.8 Å². The second-order valence-corrected chi connectivity index (χ2v) is 5.63.